The first-order chi connectivity index (χ1) is 10.8. The third-order valence-corrected chi connectivity index (χ3v) is 3.64. The number of nitrogens with one attached hydrogen (secondary N) is 1. The zero-order chi connectivity index (χ0) is 15.6. The third-order valence-electron chi connectivity index (χ3n) is 3.64. The minimum atomic E-state index is 0.586. The van der Waals surface area contributed by atoms with E-state index in [1.807, 2.05) is 18.2 Å². The van der Waals surface area contributed by atoms with Crippen molar-refractivity contribution in [1.82, 2.24) is 5.32 Å². The van der Waals surface area contributed by atoms with Gasteiger partial charge in [-0.3, -0.25) is 0 Å². The highest BCUT2D eigenvalue weighted by molar-refractivity contribution is 5.38. The van der Waals surface area contributed by atoms with Gasteiger partial charge in [0, 0.05) is 13.1 Å². The highest BCUT2D eigenvalue weighted by atomic mass is 16.5. The second kappa shape index (κ2) is 9.23. The highest BCUT2D eigenvalue weighted by Gasteiger charge is 2.01. The summed E-state index contributed by atoms with van der Waals surface area (Å²) >= 11 is 0. The summed E-state index contributed by atoms with van der Waals surface area (Å²) in [5.41, 5.74) is 3.75. The molecule has 3 nitrogen and oxygen atoms in total. The van der Waals surface area contributed by atoms with Gasteiger partial charge in [-0.15, -0.1) is 0 Å². The fraction of sp³-hybridized carbons (Fsp3) is 0.368. The standard InChI is InChI=1S/C19H25NO2/c1-16-7-6-10-19(17(16)2)22-14-13-21-12-11-20-15-18-8-4-3-5-9-18/h3-10,20H,11-15H2,1-2H3. The summed E-state index contributed by atoms with van der Waals surface area (Å²) in [4.78, 5) is 0. The van der Waals surface area contributed by atoms with E-state index in [4.69, 9.17) is 9.47 Å². The Morgan fingerprint density at radius 2 is 1.68 bits per heavy atom. The number of aryl methyl sites for hydroxylation is 1. The van der Waals surface area contributed by atoms with Crippen molar-refractivity contribution in [1.29, 1.82) is 0 Å². The first kappa shape index (κ1) is 16.5. The monoisotopic (exact) mass is 299 g/mol. The van der Waals surface area contributed by atoms with Crippen molar-refractivity contribution in [2.24, 2.45) is 0 Å². The molecule has 0 heterocycles. The van der Waals surface area contributed by atoms with E-state index >= 15 is 0 Å². The third kappa shape index (κ3) is 5.51. The SMILES string of the molecule is Cc1cccc(OCCOCCNCc2ccccc2)c1C. The summed E-state index contributed by atoms with van der Waals surface area (Å²) in [6.07, 6.45) is 0. The van der Waals surface area contributed by atoms with Crippen LogP contribution in [-0.4, -0.2) is 26.4 Å². The molecule has 3 heteroatoms. The lowest BCUT2D eigenvalue weighted by Gasteiger charge is -2.11. The topological polar surface area (TPSA) is 30.5 Å². The lowest BCUT2D eigenvalue weighted by Crippen LogP contribution is -2.20. The van der Waals surface area contributed by atoms with Crippen LogP contribution in [0.1, 0.15) is 16.7 Å². The Morgan fingerprint density at radius 3 is 2.50 bits per heavy atom. The maximum Gasteiger partial charge on any atom is 0.122 e. The molecule has 0 amide bonds. The Kier molecular flexibility index (Phi) is 6.94. The summed E-state index contributed by atoms with van der Waals surface area (Å²) in [5, 5.41) is 3.36. The molecular weight excluding hydrogens is 274 g/mol. The zero-order valence-electron chi connectivity index (χ0n) is 13.5. The Morgan fingerprint density at radius 1 is 0.864 bits per heavy atom. The zero-order valence-corrected chi connectivity index (χ0v) is 13.5. The van der Waals surface area contributed by atoms with Crippen LogP contribution in [0.25, 0.3) is 0 Å². The molecule has 22 heavy (non-hydrogen) atoms. The van der Waals surface area contributed by atoms with Crippen LogP contribution in [0.4, 0.5) is 0 Å². The van der Waals surface area contributed by atoms with Crippen LogP contribution in [0.2, 0.25) is 0 Å². The second-order valence-corrected chi connectivity index (χ2v) is 5.32. The molecule has 2 aromatic carbocycles. The van der Waals surface area contributed by atoms with E-state index < -0.39 is 0 Å². The van der Waals surface area contributed by atoms with Gasteiger partial charge < -0.3 is 14.8 Å². The molecule has 0 aliphatic carbocycles. The van der Waals surface area contributed by atoms with Crippen LogP contribution in [0.3, 0.4) is 0 Å². The molecule has 0 spiro atoms. The van der Waals surface area contributed by atoms with Gasteiger partial charge in [0.2, 0.25) is 0 Å². The molecule has 0 radical (unpaired) electrons. The lowest BCUT2D eigenvalue weighted by atomic mass is 10.1. The summed E-state index contributed by atoms with van der Waals surface area (Å²) in [7, 11) is 0. The van der Waals surface area contributed by atoms with Crippen LogP contribution in [0.15, 0.2) is 48.5 Å². The summed E-state index contributed by atoms with van der Waals surface area (Å²) < 4.78 is 11.3. The van der Waals surface area contributed by atoms with Gasteiger partial charge in [0.15, 0.2) is 0 Å². The van der Waals surface area contributed by atoms with Crippen molar-refractivity contribution >= 4 is 0 Å². The second-order valence-electron chi connectivity index (χ2n) is 5.32. The molecule has 0 aliphatic heterocycles. The predicted octanol–water partition coefficient (Wildman–Crippen LogP) is 3.49. The molecule has 118 valence electrons. The Balaban J connectivity index is 1.52. The van der Waals surface area contributed by atoms with Crippen molar-refractivity contribution in [2.75, 3.05) is 26.4 Å². The maximum absolute atomic E-state index is 5.75. The smallest absolute Gasteiger partial charge is 0.122 e. The van der Waals surface area contributed by atoms with Crippen LogP contribution >= 0.6 is 0 Å². The molecule has 0 saturated carbocycles. The molecule has 1 N–H and O–H groups in total. The molecule has 0 bridgehead atoms. The lowest BCUT2D eigenvalue weighted by molar-refractivity contribution is 0.101. The van der Waals surface area contributed by atoms with Gasteiger partial charge in [0.05, 0.1) is 13.2 Å². The summed E-state index contributed by atoms with van der Waals surface area (Å²) in [6.45, 7) is 7.80. The molecule has 0 saturated heterocycles. The van der Waals surface area contributed by atoms with Gasteiger partial charge in [0.25, 0.3) is 0 Å². The largest absolute Gasteiger partial charge is 0.491 e. The van der Waals surface area contributed by atoms with Gasteiger partial charge in [0.1, 0.15) is 12.4 Å². The van der Waals surface area contributed by atoms with E-state index in [2.05, 4.69) is 49.5 Å². The molecule has 2 aromatic rings. The van der Waals surface area contributed by atoms with E-state index in [9.17, 15) is 0 Å². The van der Waals surface area contributed by atoms with Crippen LogP contribution < -0.4 is 10.1 Å². The van der Waals surface area contributed by atoms with Gasteiger partial charge in [-0.1, -0.05) is 42.5 Å². The Bertz CT molecular complexity index is 555. The van der Waals surface area contributed by atoms with Gasteiger partial charge in [-0.25, -0.2) is 0 Å². The molecule has 0 unspecified atom stereocenters. The minimum Gasteiger partial charge on any atom is -0.491 e. The van der Waals surface area contributed by atoms with Crippen LogP contribution in [0, 0.1) is 13.8 Å². The van der Waals surface area contributed by atoms with Crippen molar-refractivity contribution < 1.29 is 9.47 Å². The number of rotatable bonds is 9. The molecular formula is C19H25NO2. The molecule has 0 atom stereocenters. The molecule has 0 aromatic heterocycles. The number of hydrogen-bond donors (Lipinski definition) is 1. The Hall–Kier alpha value is -1.84. The van der Waals surface area contributed by atoms with Gasteiger partial charge >= 0.3 is 0 Å². The van der Waals surface area contributed by atoms with E-state index in [1.165, 1.54) is 16.7 Å². The molecule has 0 fully saturated rings. The van der Waals surface area contributed by atoms with Gasteiger partial charge in [-0.2, -0.15) is 0 Å². The maximum atomic E-state index is 5.75. The first-order valence-electron chi connectivity index (χ1n) is 7.79. The average molecular weight is 299 g/mol. The minimum absolute atomic E-state index is 0.586. The molecule has 0 aliphatic rings. The summed E-state index contributed by atoms with van der Waals surface area (Å²) in [6, 6.07) is 16.5. The van der Waals surface area contributed by atoms with E-state index in [1.54, 1.807) is 0 Å². The highest BCUT2D eigenvalue weighted by Crippen LogP contribution is 2.20. The van der Waals surface area contributed by atoms with Crippen LogP contribution in [0.5, 0.6) is 5.75 Å². The normalized spacial score (nSPS) is 10.6. The van der Waals surface area contributed by atoms with Crippen molar-refractivity contribution in [2.45, 2.75) is 20.4 Å². The van der Waals surface area contributed by atoms with Crippen molar-refractivity contribution in [3.63, 3.8) is 0 Å². The predicted molar refractivity (Wildman–Crippen MR) is 90.4 cm³/mol. The average Bonchev–Trinajstić information content (AvgIpc) is 2.55. The number of ether oxygens (including phenoxy) is 2. The molecule has 2 rings (SSSR count). The number of benzene rings is 2. The van der Waals surface area contributed by atoms with Gasteiger partial charge in [-0.05, 0) is 36.6 Å². The van der Waals surface area contributed by atoms with Crippen LogP contribution in [-0.2, 0) is 11.3 Å². The Labute approximate surface area is 133 Å². The first-order valence-corrected chi connectivity index (χ1v) is 7.79. The number of hydrogen-bond acceptors (Lipinski definition) is 3. The van der Waals surface area contributed by atoms with Crippen molar-refractivity contribution in [3.05, 3.63) is 65.2 Å². The van der Waals surface area contributed by atoms with E-state index in [0.717, 1.165) is 18.8 Å². The van der Waals surface area contributed by atoms with E-state index in [-0.39, 0.29) is 0 Å². The van der Waals surface area contributed by atoms with E-state index in [0.29, 0.717) is 19.8 Å². The fourth-order valence-corrected chi connectivity index (χ4v) is 2.17. The fourth-order valence-electron chi connectivity index (χ4n) is 2.17. The quantitative estimate of drug-likeness (QED) is 0.719. The summed E-state index contributed by atoms with van der Waals surface area (Å²) in [5.74, 6) is 0.950. The van der Waals surface area contributed by atoms with Crippen molar-refractivity contribution in [3.8, 4) is 5.75 Å².